The van der Waals surface area contributed by atoms with Crippen molar-refractivity contribution in [1.82, 2.24) is 4.90 Å². The lowest BCUT2D eigenvalue weighted by Crippen LogP contribution is -2.34. The number of esters is 1. The summed E-state index contributed by atoms with van der Waals surface area (Å²) < 4.78 is 4.86. The summed E-state index contributed by atoms with van der Waals surface area (Å²) in [6.07, 6.45) is 0.540. The maximum Gasteiger partial charge on any atom is 0.307 e. The summed E-state index contributed by atoms with van der Waals surface area (Å²) in [5, 5.41) is 0. The molecule has 0 aromatic rings. The second-order valence-electron chi connectivity index (χ2n) is 3.01. The van der Waals surface area contributed by atoms with Crippen LogP contribution in [0.4, 0.5) is 0 Å². The molecule has 0 bridgehead atoms. The van der Waals surface area contributed by atoms with Crippen molar-refractivity contribution in [2.24, 2.45) is 0 Å². The maximum atomic E-state index is 11.0. The van der Waals surface area contributed by atoms with Gasteiger partial charge in [-0.2, -0.15) is 11.8 Å². The molecule has 0 saturated carbocycles. The van der Waals surface area contributed by atoms with E-state index in [0.29, 0.717) is 13.0 Å². The molecule has 0 aliphatic carbocycles. The highest BCUT2D eigenvalue weighted by atomic mass is 32.2. The van der Waals surface area contributed by atoms with Crippen LogP contribution in [0.1, 0.15) is 13.3 Å². The van der Waals surface area contributed by atoms with Gasteiger partial charge in [-0.05, 0) is 6.92 Å². The van der Waals surface area contributed by atoms with Crippen LogP contribution < -0.4 is 0 Å². The van der Waals surface area contributed by atoms with E-state index in [2.05, 4.69) is 4.90 Å². The molecule has 3 nitrogen and oxygen atoms in total. The molecule has 0 atom stereocenters. The van der Waals surface area contributed by atoms with Crippen LogP contribution in [0.5, 0.6) is 0 Å². The standard InChI is InChI=1S/C9H17NO2S/c1-2-12-9(11)3-4-10-5-7-13-8-6-10/h2-8H2,1H3. The van der Waals surface area contributed by atoms with Gasteiger partial charge in [-0.25, -0.2) is 0 Å². The maximum absolute atomic E-state index is 11.0. The van der Waals surface area contributed by atoms with E-state index in [-0.39, 0.29) is 5.97 Å². The Bertz CT molecular complexity index is 158. The summed E-state index contributed by atoms with van der Waals surface area (Å²) in [5.41, 5.74) is 0. The van der Waals surface area contributed by atoms with Crippen LogP contribution in [0.3, 0.4) is 0 Å². The zero-order valence-corrected chi connectivity index (χ0v) is 8.94. The van der Waals surface area contributed by atoms with E-state index >= 15 is 0 Å². The average Bonchev–Trinajstić information content (AvgIpc) is 2.17. The Labute approximate surface area is 83.8 Å². The zero-order valence-electron chi connectivity index (χ0n) is 8.12. The Hall–Kier alpha value is -0.220. The molecule has 13 heavy (non-hydrogen) atoms. The third kappa shape index (κ3) is 4.52. The zero-order chi connectivity index (χ0) is 9.52. The largest absolute Gasteiger partial charge is 0.466 e. The van der Waals surface area contributed by atoms with Crippen LogP contribution in [0.15, 0.2) is 0 Å². The molecule has 76 valence electrons. The van der Waals surface area contributed by atoms with E-state index in [0.717, 1.165) is 19.6 Å². The Morgan fingerprint density at radius 2 is 2.15 bits per heavy atom. The second-order valence-corrected chi connectivity index (χ2v) is 4.23. The van der Waals surface area contributed by atoms with Gasteiger partial charge in [-0.3, -0.25) is 4.79 Å². The number of carbonyl (C=O) groups excluding carboxylic acids is 1. The van der Waals surface area contributed by atoms with Crippen molar-refractivity contribution in [3.8, 4) is 0 Å². The minimum atomic E-state index is -0.0688. The van der Waals surface area contributed by atoms with Crippen molar-refractivity contribution < 1.29 is 9.53 Å². The average molecular weight is 203 g/mol. The van der Waals surface area contributed by atoms with Crippen LogP contribution in [0.2, 0.25) is 0 Å². The summed E-state index contributed by atoms with van der Waals surface area (Å²) in [7, 11) is 0. The molecule has 0 amide bonds. The molecule has 1 aliphatic heterocycles. The first kappa shape index (κ1) is 10.9. The fourth-order valence-corrected chi connectivity index (χ4v) is 2.29. The molecule has 0 unspecified atom stereocenters. The first-order valence-electron chi connectivity index (χ1n) is 4.78. The molecule has 0 radical (unpaired) electrons. The topological polar surface area (TPSA) is 29.5 Å². The van der Waals surface area contributed by atoms with Crippen LogP contribution >= 0.6 is 11.8 Å². The van der Waals surface area contributed by atoms with E-state index in [9.17, 15) is 4.79 Å². The van der Waals surface area contributed by atoms with Crippen LogP contribution in [0.25, 0.3) is 0 Å². The normalized spacial score (nSPS) is 18.5. The molecular formula is C9H17NO2S. The lowest BCUT2D eigenvalue weighted by atomic mass is 10.3. The lowest BCUT2D eigenvalue weighted by molar-refractivity contribution is -0.143. The van der Waals surface area contributed by atoms with Crippen molar-refractivity contribution in [2.75, 3.05) is 37.7 Å². The summed E-state index contributed by atoms with van der Waals surface area (Å²) >= 11 is 1.99. The monoisotopic (exact) mass is 203 g/mol. The summed E-state index contributed by atoms with van der Waals surface area (Å²) in [6, 6.07) is 0. The fraction of sp³-hybridized carbons (Fsp3) is 0.889. The molecule has 1 saturated heterocycles. The van der Waals surface area contributed by atoms with Gasteiger partial charge >= 0.3 is 5.97 Å². The number of hydrogen-bond acceptors (Lipinski definition) is 4. The minimum Gasteiger partial charge on any atom is -0.466 e. The molecule has 1 heterocycles. The first-order valence-corrected chi connectivity index (χ1v) is 5.94. The van der Waals surface area contributed by atoms with Crippen molar-refractivity contribution >= 4 is 17.7 Å². The third-order valence-corrected chi connectivity index (χ3v) is 2.98. The van der Waals surface area contributed by atoms with E-state index in [1.807, 2.05) is 18.7 Å². The molecule has 0 spiro atoms. The molecular weight excluding hydrogens is 186 g/mol. The molecule has 4 heteroatoms. The molecule has 0 aromatic carbocycles. The Morgan fingerprint density at radius 3 is 2.77 bits per heavy atom. The van der Waals surface area contributed by atoms with Crippen molar-refractivity contribution in [2.45, 2.75) is 13.3 Å². The van der Waals surface area contributed by atoms with Gasteiger partial charge in [0.15, 0.2) is 0 Å². The van der Waals surface area contributed by atoms with Crippen molar-refractivity contribution in [1.29, 1.82) is 0 Å². The van der Waals surface area contributed by atoms with Crippen molar-refractivity contribution in [3.05, 3.63) is 0 Å². The number of nitrogens with zero attached hydrogens (tertiary/aromatic N) is 1. The number of ether oxygens (including phenoxy) is 1. The Kier molecular flexibility index (Phi) is 5.23. The molecule has 1 rings (SSSR count). The highest BCUT2D eigenvalue weighted by Crippen LogP contribution is 2.09. The third-order valence-electron chi connectivity index (χ3n) is 2.04. The van der Waals surface area contributed by atoms with Gasteiger partial charge in [0.25, 0.3) is 0 Å². The van der Waals surface area contributed by atoms with Gasteiger partial charge in [0.1, 0.15) is 0 Å². The quantitative estimate of drug-likeness (QED) is 0.637. The minimum absolute atomic E-state index is 0.0688. The van der Waals surface area contributed by atoms with Gasteiger partial charge in [-0.15, -0.1) is 0 Å². The smallest absolute Gasteiger partial charge is 0.307 e. The second kappa shape index (κ2) is 6.27. The van der Waals surface area contributed by atoms with E-state index < -0.39 is 0 Å². The summed E-state index contributed by atoms with van der Waals surface area (Å²) in [4.78, 5) is 13.4. The van der Waals surface area contributed by atoms with Crippen LogP contribution in [-0.2, 0) is 9.53 Å². The number of thioether (sulfide) groups is 1. The fourth-order valence-electron chi connectivity index (χ4n) is 1.31. The summed E-state index contributed by atoms with van der Waals surface area (Å²) in [6.45, 7) is 5.43. The predicted molar refractivity (Wildman–Crippen MR) is 55.0 cm³/mol. The summed E-state index contributed by atoms with van der Waals surface area (Å²) in [5.74, 6) is 2.33. The van der Waals surface area contributed by atoms with Crippen molar-refractivity contribution in [3.63, 3.8) is 0 Å². The van der Waals surface area contributed by atoms with Gasteiger partial charge in [0.05, 0.1) is 13.0 Å². The lowest BCUT2D eigenvalue weighted by Gasteiger charge is -2.25. The number of rotatable bonds is 4. The van der Waals surface area contributed by atoms with Gasteiger partial charge < -0.3 is 9.64 Å². The van der Waals surface area contributed by atoms with E-state index in [1.165, 1.54) is 11.5 Å². The highest BCUT2D eigenvalue weighted by Gasteiger charge is 2.11. The first-order chi connectivity index (χ1) is 6.33. The van der Waals surface area contributed by atoms with Gasteiger partial charge in [0, 0.05) is 31.1 Å². The number of hydrogen-bond donors (Lipinski definition) is 0. The highest BCUT2D eigenvalue weighted by molar-refractivity contribution is 7.99. The number of carbonyl (C=O) groups is 1. The molecule has 0 aromatic heterocycles. The van der Waals surface area contributed by atoms with Gasteiger partial charge in [-0.1, -0.05) is 0 Å². The van der Waals surface area contributed by atoms with E-state index in [4.69, 9.17) is 4.74 Å². The van der Waals surface area contributed by atoms with Gasteiger partial charge in [0.2, 0.25) is 0 Å². The Balaban J connectivity index is 2.06. The van der Waals surface area contributed by atoms with E-state index in [1.54, 1.807) is 0 Å². The predicted octanol–water partition coefficient (Wildman–Crippen LogP) is 0.988. The molecule has 1 aliphatic rings. The van der Waals surface area contributed by atoms with Crippen LogP contribution in [0, 0.1) is 0 Å². The molecule has 1 fully saturated rings. The molecule has 0 N–H and O–H groups in total. The van der Waals surface area contributed by atoms with Crippen LogP contribution in [-0.4, -0.2) is 48.6 Å². The Morgan fingerprint density at radius 1 is 1.46 bits per heavy atom. The SMILES string of the molecule is CCOC(=O)CCN1CCSCC1.